The number of carbonyl (C=O) groups excluding carboxylic acids is 2. The summed E-state index contributed by atoms with van der Waals surface area (Å²) in [5.74, 6) is -0.760. The molecule has 26 heavy (non-hydrogen) atoms. The van der Waals surface area contributed by atoms with Crippen LogP contribution in [0.4, 0.5) is 10.8 Å². The first-order valence-electron chi connectivity index (χ1n) is 7.79. The van der Waals surface area contributed by atoms with E-state index in [9.17, 15) is 18.0 Å². The zero-order valence-electron chi connectivity index (χ0n) is 14.2. The van der Waals surface area contributed by atoms with Crippen molar-refractivity contribution < 1.29 is 22.7 Å². The summed E-state index contributed by atoms with van der Waals surface area (Å²) in [6.45, 7) is 2.10. The third-order valence-electron chi connectivity index (χ3n) is 3.90. The van der Waals surface area contributed by atoms with Crippen LogP contribution in [-0.4, -0.2) is 44.7 Å². The molecule has 1 aliphatic rings. The minimum Gasteiger partial charge on any atom is -0.465 e. The molecule has 0 spiro atoms. The number of amides is 1. The molecule has 1 N–H and O–H groups in total. The van der Waals surface area contributed by atoms with Gasteiger partial charge in [0.05, 0.1) is 24.2 Å². The number of rotatable bonds is 4. The summed E-state index contributed by atoms with van der Waals surface area (Å²) in [7, 11) is -1.97. The van der Waals surface area contributed by atoms with Gasteiger partial charge in [-0.1, -0.05) is 11.3 Å². The fourth-order valence-electron chi connectivity index (χ4n) is 2.61. The third-order valence-corrected chi connectivity index (χ3v) is 6.83. The van der Waals surface area contributed by atoms with Crippen molar-refractivity contribution in [1.82, 2.24) is 4.98 Å². The van der Waals surface area contributed by atoms with Gasteiger partial charge in [0.25, 0.3) is 5.91 Å². The fourth-order valence-corrected chi connectivity index (χ4v) is 5.05. The Kier molecular flexibility index (Phi) is 4.97. The number of esters is 1. The van der Waals surface area contributed by atoms with Crippen molar-refractivity contribution in [2.45, 2.75) is 13.3 Å². The summed E-state index contributed by atoms with van der Waals surface area (Å²) in [5, 5.41) is 2.92. The van der Waals surface area contributed by atoms with Crippen LogP contribution in [0.25, 0.3) is 0 Å². The van der Waals surface area contributed by atoms with Gasteiger partial charge in [-0.3, -0.25) is 14.4 Å². The molecule has 2 heterocycles. The van der Waals surface area contributed by atoms with Gasteiger partial charge in [0, 0.05) is 12.1 Å². The molecule has 3 rings (SSSR count). The molecular weight excluding hydrogens is 378 g/mol. The lowest BCUT2D eigenvalue weighted by molar-refractivity contribution is 0.0605. The molecule has 10 heteroatoms. The lowest BCUT2D eigenvalue weighted by atomic mass is 10.2. The van der Waals surface area contributed by atoms with E-state index in [1.807, 2.05) is 0 Å². The number of anilines is 2. The molecule has 8 nitrogen and oxygen atoms in total. The van der Waals surface area contributed by atoms with E-state index in [2.05, 4.69) is 15.0 Å². The topological polar surface area (TPSA) is 106 Å². The second-order valence-corrected chi connectivity index (χ2v) is 8.68. The zero-order valence-corrected chi connectivity index (χ0v) is 15.8. The predicted octanol–water partition coefficient (Wildman–Crippen LogP) is 2.03. The van der Waals surface area contributed by atoms with E-state index in [-0.39, 0.29) is 5.75 Å². The standard InChI is InChI=1S/C16H17N3O5S2/c1-10-13(15(21)24-2)25-16(17-10)18-14(20)11-4-6-12(7-5-11)19-8-3-9-26(19,22)23/h4-7H,3,8-9H2,1-2H3,(H,17,18,20). The molecule has 2 aromatic rings. The summed E-state index contributed by atoms with van der Waals surface area (Å²) < 4.78 is 29.9. The lowest BCUT2D eigenvalue weighted by Crippen LogP contribution is -2.25. The first kappa shape index (κ1) is 18.3. The van der Waals surface area contributed by atoms with Gasteiger partial charge in [-0.15, -0.1) is 0 Å². The largest absolute Gasteiger partial charge is 0.465 e. The highest BCUT2D eigenvalue weighted by molar-refractivity contribution is 7.93. The number of ether oxygens (including phenoxy) is 1. The first-order chi connectivity index (χ1) is 12.3. The van der Waals surface area contributed by atoms with Gasteiger partial charge in [0.2, 0.25) is 10.0 Å². The van der Waals surface area contributed by atoms with E-state index < -0.39 is 21.9 Å². The minimum absolute atomic E-state index is 0.140. The van der Waals surface area contributed by atoms with Gasteiger partial charge in [0.15, 0.2) is 5.13 Å². The average Bonchev–Trinajstić information content (AvgIpc) is 3.15. The Labute approximate surface area is 154 Å². The Hall–Kier alpha value is -2.46. The van der Waals surface area contributed by atoms with Gasteiger partial charge < -0.3 is 4.74 Å². The molecule has 1 fully saturated rings. The number of methoxy groups -OCH3 is 1. The molecule has 1 aliphatic heterocycles. The van der Waals surface area contributed by atoms with Gasteiger partial charge in [-0.25, -0.2) is 18.2 Å². The van der Waals surface area contributed by atoms with Crippen LogP contribution in [0.1, 0.15) is 32.1 Å². The van der Waals surface area contributed by atoms with E-state index in [0.717, 1.165) is 11.3 Å². The van der Waals surface area contributed by atoms with E-state index in [1.54, 1.807) is 31.2 Å². The number of aryl methyl sites for hydroxylation is 1. The average molecular weight is 395 g/mol. The molecule has 0 bridgehead atoms. The van der Waals surface area contributed by atoms with Crippen molar-refractivity contribution in [3.63, 3.8) is 0 Å². The monoisotopic (exact) mass is 395 g/mol. The van der Waals surface area contributed by atoms with E-state index in [4.69, 9.17) is 0 Å². The predicted molar refractivity (Wildman–Crippen MR) is 98.3 cm³/mol. The number of aromatic nitrogens is 1. The van der Waals surface area contributed by atoms with Crippen LogP contribution in [0.15, 0.2) is 24.3 Å². The van der Waals surface area contributed by atoms with Crippen molar-refractivity contribution in [3.05, 3.63) is 40.4 Å². The molecule has 1 aromatic heterocycles. The van der Waals surface area contributed by atoms with Crippen LogP contribution >= 0.6 is 11.3 Å². The Balaban J connectivity index is 1.74. The molecule has 0 radical (unpaired) electrons. The highest BCUT2D eigenvalue weighted by Crippen LogP contribution is 2.26. The minimum atomic E-state index is -3.25. The number of nitrogens with zero attached hydrogens (tertiary/aromatic N) is 2. The maximum absolute atomic E-state index is 12.3. The molecule has 0 aliphatic carbocycles. The number of benzene rings is 1. The van der Waals surface area contributed by atoms with Crippen LogP contribution in [0.5, 0.6) is 0 Å². The summed E-state index contributed by atoms with van der Waals surface area (Å²) >= 11 is 1.03. The highest BCUT2D eigenvalue weighted by Gasteiger charge is 2.28. The Bertz CT molecular complexity index is 951. The highest BCUT2D eigenvalue weighted by atomic mass is 32.2. The molecule has 1 aromatic carbocycles. The summed E-state index contributed by atoms with van der Waals surface area (Å²) in [6, 6.07) is 6.32. The summed E-state index contributed by atoms with van der Waals surface area (Å²) in [4.78, 5) is 28.4. The van der Waals surface area contributed by atoms with Crippen LogP contribution in [0.2, 0.25) is 0 Å². The van der Waals surface area contributed by atoms with Crippen LogP contribution in [0, 0.1) is 6.92 Å². The number of sulfonamides is 1. The molecule has 1 saturated heterocycles. The number of carbonyl (C=O) groups is 2. The molecule has 1 amide bonds. The quantitative estimate of drug-likeness (QED) is 0.794. The molecule has 0 atom stereocenters. The van der Waals surface area contributed by atoms with Crippen LogP contribution < -0.4 is 9.62 Å². The van der Waals surface area contributed by atoms with E-state index >= 15 is 0 Å². The normalized spacial score (nSPS) is 15.7. The number of hydrogen-bond acceptors (Lipinski definition) is 7. The second-order valence-electron chi connectivity index (χ2n) is 5.67. The van der Waals surface area contributed by atoms with Crippen LogP contribution in [-0.2, 0) is 14.8 Å². The lowest BCUT2D eigenvalue weighted by Gasteiger charge is -2.16. The molecule has 0 saturated carbocycles. The van der Waals surface area contributed by atoms with E-state index in [0.29, 0.717) is 39.9 Å². The van der Waals surface area contributed by atoms with Gasteiger partial charge in [0.1, 0.15) is 4.88 Å². The van der Waals surface area contributed by atoms with Crippen molar-refractivity contribution >= 4 is 44.1 Å². The van der Waals surface area contributed by atoms with Crippen molar-refractivity contribution in [2.75, 3.05) is 29.0 Å². The fraction of sp³-hybridized carbons (Fsp3) is 0.312. The number of thiazole rings is 1. The molecule has 138 valence electrons. The van der Waals surface area contributed by atoms with Crippen molar-refractivity contribution in [2.24, 2.45) is 0 Å². The Morgan fingerprint density at radius 1 is 1.27 bits per heavy atom. The Morgan fingerprint density at radius 3 is 2.54 bits per heavy atom. The van der Waals surface area contributed by atoms with Crippen LogP contribution in [0.3, 0.4) is 0 Å². The first-order valence-corrected chi connectivity index (χ1v) is 10.2. The molecule has 0 unspecified atom stereocenters. The number of nitrogens with one attached hydrogen (secondary N) is 1. The maximum Gasteiger partial charge on any atom is 0.350 e. The SMILES string of the molecule is COC(=O)c1sc(NC(=O)c2ccc(N3CCCS3(=O)=O)cc2)nc1C. The molecular formula is C16H17N3O5S2. The van der Waals surface area contributed by atoms with Gasteiger partial charge >= 0.3 is 5.97 Å². The zero-order chi connectivity index (χ0) is 18.9. The summed E-state index contributed by atoms with van der Waals surface area (Å²) in [5.41, 5.74) is 1.38. The van der Waals surface area contributed by atoms with Gasteiger partial charge in [-0.2, -0.15) is 0 Å². The Morgan fingerprint density at radius 2 is 1.96 bits per heavy atom. The third kappa shape index (κ3) is 3.56. The van der Waals surface area contributed by atoms with Gasteiger partial charge in [-0.05, 0) is 37.6 Å². The number of hydrogen-bond donors (Lipinski definition) is 1. The van der Waals surface area contributed by atoms with Crippen molar-refractivity contribution in [3.8, 4) is 0 Å². The second kappa shape index (κ2) is 7.04. The smallest absolute Gasteiger partial charge is 0.350 e. The van der Waals surface area contributed by atoms with Crippen molar-refractivity contribution in [1.29, 1.82) is 0 Å². The summed E-state index contributed by atoms with van der Waals surface area (Å²) in [6.07, 6.45) is 0.594. The maximum atomic E-state index is 12.3. The van der Waals surface area contributed by atoms with E-state index in [1.165, 1.54) is 11.4 Å².